The molecule has 2 N–H and O–H groups in total. The zero-order valence-corrected chi connectivity index (χ0v) is 10.4. The average molecular weight is 254 g/mol. The molecule has 100 valence electrons. The summed E-state index contributed by atoms with van der Waals surface area (Å²) in [6.07, 6.45) is 0.284. The first-order valence-corrected chi connectivity index (χ1v) is 5.84. The van der Waals surface area contributed by atoms with Gasteiger partial charge in [-0.1, -0.05) is 0 Å². The fourth-order valence-corrected chi connectivity index (χ4v) is 1.82. The van der Waals surface area contributed by atoms with Crippen molar-refractivity contribution in [2.45, 2.75) is 12.5 Å². The summed E-state index contributed by atoms with van der Waals surface area (Å²) in [7, 11) is 1.62. The molecule has 1 rings (SSSR count). The maximum atomic E-state index is 11.8. The predicted molar refractivity (Wildman–Crippen MR) is 63.7 cm³/mol. The smallest absolute Gasteiger partial charge is 0.322 e. The van der Waals surface area contributed by atoms with Crippen LogP contribution in [-0.4, -0.2) is 72.6 Å². The number of carboxylic acid groups (broad SMARTS) is 1. The number of carboxylic acids is 1. The van der Waals surface area contributed by atoms with Crippen molar-refractivity contribution in [2.75, 3.05) is 39.8 Å². The summed E-state index contributed by atoms with van der Waals surface area (Å²) in [6.45, 7) is 2.03. The van der Waals surface area contributed by atoms with Crippen LogP contribution in [0.4, 0.5) is 0 Å². The second-order valence-corrected chi connectivity index (χ2v) is 4.25. The molecule has 7 heteroatoms. The van der Waals surface area contributed by atoms with Gasteiger partial charge in [-0.05, 0) is 0 Å². The molecule has 1 aliphatic rings. The van der Waals surface area contributed by atoms with Gasteiger partial charge in [-0.2, -0.15) is 5.26 Å². The molecule has 0 saturated carbocycles. The van der Waals surface area contributed by atoms with Crippen LogP contribution in [0.25, 0.3) is 0 Å². The lowest BCUT2D eigenvalue weighted by atomic mass is 10.2. The van der Waals surface area contributed by atoms with Crippen LogP contribution in [0.3, 0.4) is 0 Å². The van der Waals surface area contributed by atoms with Crippen LogP contribution in [0.2, 0.25) is 0 Å². The zero-order valence-electron chi connectivity index (χ0n) is 10.4. The standard InChI is InChI=1S/C11H18N4O3/c1-14(5-2-3-12)10(16)8-15-6-4-13-7-9(15)11(17)18/h9,13H,2,4-8H2,1H3,(H,17,18). The van der Waals surface area contributed by atoms with Gasteiger partial charge in [0.2, 0.25) is 5.91 Å². The van der Waals surface area contributed by atoms with E-state index in [9.17, 15) is 9.59 Å². The van der Waals surface area contributed by atoms with Crippen LogP contribution in [0.15, 0.2) is 0 Å². The van der Waals surface area contributed by atoms with Gasteiger partial charge in [-0.25, -0.2) is 0 Å². The van der Waals surface area contributed by atoms with Crippen LogP contribution < -0.4 is 5.32 Å². The van der Waals surface area contributed by atoms with Crippen LogP contribution in [-0.2, 0) is 9.59 Å². The summed E-state index contributed by atoms with van der Waals surface area (Å²) in [4.78, 5) is 26.0. The monoisotopic (exact) mass is 254 g/mol. The van der Waals surface area contributed by atoms with E-state index in [2.05, 4.69) is 5.32 Å². The largest absolute Gasteiger partial charge is 0.480 e. The molecule has 1 aliphatic heterocycles. The number of carbonyl (C=O) groups is 2. The molecular weight excluding hydrogens is 236 g/mol. The molecule has 1 heterocycles. The third-order valence-electron chi connectivity index (χ3n) is 2.96. The van der Waals surface area contributed by atoms with Gasteiger partial charge in [0, 0.05) is 33.2 Å². The van der Waals surface area contributed by atoms with Crippen LogP contribution >= 0.6 is 0 Å². The molecule has 1 unspecified atom stereocenters. The molecular formula is C11H18N4O3. The number of hydrogen-bond donors (Lipinski definition) is 2. The van der Waals surface area contributed by atoms with E-state index in [1.54, 1.807) is 11.9 Å². The van der Waals surface area contributed by atoms with E-state index < -0.39 is 12.0 Å². The Morgan fingerprint density at radius 1 is 1.61 bits per heavy atom. The number of nitriles is 1. The Hall–Kier alpha value is -1.65. The molecule has 7 nitrogen and oxygen atoms in total. The summed E-state index contributed by atoms with van der Waals surface area (Å²) in [6, 6.07) is 1.31. The normalized spacial score (nSPS) is 20.1. The van der Waals surface area contributed by atoms with Gasteiger partial charge in [0.25, 0.3) is 0 Å². The lowest BCUT2D eigenvalue weighted by molar-refractivity contribution is -0.145. The first kappa shape index (κ1) is 14.4. The Bertz CT molecular complexity index is 353. The second kappa shape index (κ2) is 6.93. The number of hydrogen-bond acceptors (Lipinski definition) is 5. The van der Waals surface area contributed by atoms with Crippen LogP contribution in [0.5, 0.6) is 0 Å². The number of amides is 1. The number of nitrogens with one attached hydrogen (secondary N) is 1. The summed E-state index contributed by atoms with van der Waals surface area (Å²) < 4.78 is 0. The molecule has 0 aromatic rings. The highest BCUT2D eigenvalue weighted by Gasteiger charge is 2.30. The minimum atomic E-state index is -0.922. The summed E-state index contributed by atoms with van der Waals surface area (Å²) >= 11 is 0. The van der Waals surface area contributed by atoms with E-state index in [-0.39, 0.29) is 18.9 Å². The number of likely N-dealkylation sites (N-methyl/N-ethyl adjacent to an activating group) is 1. The fourth-order valence-electron chi connectivity index (χ4n) is 1.82. The van der Waals surface area contributed by atoms with Crippen molar-refractivity contribution in [3.05, 3.63) is 0 Å². The molecule has 1 atom stereocenters. The molecule has 0 aliphatic carbocycles. The van der Waals surface area contributed by atoms with Crippen LogP contribution in [0.1, 0.15) is 6.42 Å². The molecule has 0 aromatic carbocycles. The van der Waals surface area contributed by atoms with Crippen molar-refractivity contribution < 1.29 is 14.7 Å². The number of carbonyl (C=O) groups excluding carboxylic acids is 1. The maximum absolute atomic E-state index is 11.8. The summed E-state index contributed by atoms with van der Waals surface area (Å²) in [5, 5.41) is 20.5. The van der Waals surface area contributed by atoms with Crippen molar-refractivity contribution in [1.29, 1.82) is 5.26 Å². The molecule has 0 bridgehead atoms. The van der Waals surface area contributed by atoms with Crippen molar-refractivity contribution in [2.24, 2.45) is 0 Å². The summed E-state index contributed by atoms with van der Waals surface area (Å²) in [5.41, 5.74) is 0. The highest BCUT2D eigenvalue weighted by atomic mass is 16.4. The third-order valence-corrected chi connectivity index (χ3v) is 2.96. The van der Waals surface area contributed by atoms with Gasteiger partial charge in [-0.3, -0.25) is 14.5 Å². The van der Waals surface area contributed by atoms with Gasteiger partial charge >= 0.3 is 5.97 Å². The maximum Gasteiger partial charge on any atom is 0.322 e. The first-order valence-electron chi connectivity index (χ1n) is 5.84. The van der Waals surface area contributed by atoms with Gasteiger partial charge in [0.05, 0.1) is 19.0 Å². The first-order chi connectivity index (χ1) is 8.56. The molecule has 0 radical (unpaired) electrons. The average Bonchev–Trinajstić information content (AvgIpc) is 2.36. The topological polar surface area (TPSA) is 96.7 Å². The van der Waals surface area contributed by atoms with Crippen LogP contribution in [0, 0.1) is 11.3 Å². The Morgan fingerprint density at radius 2 is 2.33 bits per heavy atom. The number of rotatable bonds is 5. The van der Waals surface area contributed by atoms with E-state index >= 15 is 0 Å². The van der Waals surface area contributed by atoms with Gasteiger partial charge in [0.1, 0.15) is 6.04 Å². The fraction of sp³-hybridized carbons (Fsp3) is 0.727. The SMILES string of the molecule is CN(CCC#N)C(=O)CN1CCNCC1C(=O)O. The van der Waals surface area contributed by atoms with Gasteiger partial charge in [-0.15, -0.1) is 0 Å². The highest BCUT2D eigenvalue weighted by Crippen LogP contribution is 2.04. The lowest BCUT2D eigenvalue weighted by Gasteiger charge is -2.33. The van der Waals surface area contributed by atoms with Crippen molar-refractivity contribution in [3.8, 4) is 6.07 Å². The van der Waals surface area contributed by atoms with Gasteiger partial charge < -0.3 is 15.3 Å². The van der Waals surface area contributed by atoms with E-state index in [4.69, 9.17) is 10.4 Å². The predicted octanol–water partition coefficient (Wildman–Crippen LogP) is -1.28. The van der Waals surface area contributed by atoms with Crippen molar-refractivity contribution in [1.82, 2.24) is 15.1 Å². The van der Waals surface area contributed by atoms with Gasteiger partial charge in [0.15, 0.2) is 0 Å². The Balaban J connectivity index is 2.51. The molecule has 18 heavy (non-hydrogen) atoms. The molecule has 1 saturated heterocycles. The van der Waals surface area contributed by atoms with E-state index in [0.717, 1.165) is 0 Å². The van der Waals surface area contributed by atoms with E-state index in [0.29, 0.717) is 26.2 Å². The minimum absolute atomic E-state index is 0.0839. The number of nitrogens with zero attached hydrogens (tertiary/aromatic N) is 3. The third kappa shape index (κ3) is 3.98. The minimum Gasteiger partial charge on any atom is -0.480 e. The molecule has 1 fully saturated rings. The van der Waals surface area contributed by atoms with E-state index in [1.807, 2.05) is 6.07 Å². The molecule has 0 aromatic heterocycles. The Labute approximate surface area is 106 Å². The Morgan fingerprint density at radius 3 is 2.94 bits per heavy atom. The second-order valence-electron chi connectivity index (χ2n) is 4.25. The van der Waals surface area contributed by atoms with Crippen molar-refractivity contribution in [3.63, 3.8) is 0 Å². The van der Waals surface area contributed by atoms with Crippen molar-refractivity contribution >= 4 is 11.9 Å². The summed E-state index contributed by atoms with van der Waals surface area (Å²) in [5.74, 6) is -1.08. The quantitative estimate of drug-likeness (QED) is 0.634. The number of piperazine rings is 1. The molecule has 1 amide bonds. The number of aliphatic carboxylic acids is 1. The Kier molecular flexibility index (Phi) is 5.55. The van der Waals surface area contributed by atoms with E-state index in [1.165, 1.54) is 4.90 Å². The molecule has 0 spiro atoms. The highest BCUT2D eigenvalue weighted by molar-refractivity contribution is 5.80. The zero-order chi connectivity index (χ0) is 13.5. The lowest BCUT2D eigenvalue weighted by Crippen LogP contribution is -2.57.